The predicted octanol–water partition coefficient (Wildman–Crippen LogP) is 3.23. The Morgan fingerprint density at radius 3 is 2.46 bits per heavy atom. The third kappa shape index (κ3) is 8.26. The first kappa shape index (κ1) is 21.9. The number of halogens is 1. The highest BCUT2D eigenvalue weighted by Crippen LogP contribution is 2.25. The van der Waals surface area contributed by atoms with Crippen LogP contribution in [0.3, 0.4) is 0 Å². The fourth-order valence-electron chi connectivity index (χ4n) is 1.94. The summed E-state index contributed by atoms with van der Waals surface area (Å²) in [6, 6.07) is 4.89. The summed E-state index contributed by atoms with van der Waals surface area (Å²) in [5.74, 6) is -0.963. The quantitative estimate of drug-likeness (QED) is 0.458. The zero-order valence-electron chi connectivity index (χ0n) is 14.7. The summed E-state index contributed by atoms with van der Waals surface area (Å²) in [6.45, 7) is 3.88. The molecular formula is C17H22ClN3O4S. The highest BCUT2D eigenvalue weighted by Gasteiger charge is 2.11. The van der Waals surface area contributed by atoms with Gasteiger partial charge in [-0.15, -0.1) is 0 Å². The van der Waals surface area contributed by atoms with Gasteiger partial charge in [0, 0.05) is 18.5 Å². The lowest BCUT2D eigenvalue weighted by Gasteiger charge is -2.13. The molecule has 142 valence electrons. The second kappa shape index (κ2) is 11.4. The first-order valence-electron chi connectivity index (χ1n) is 8.21. The average molecular weight is 400 g/mol. The number of hydrogen-bond donors (Lipinski definition) is 3. The molecule has 3 N–H and O–H groups in total. The van der Waals surface area contributed by atoms with Crippen molar-refractivity contribution in [3.63, 3.8) is 0 Å². The molecule has 0 bridgehead atoms. The number of carbonyl (C=O) groups excluding carboxylic acids is 3. The lowest BCUT2D eigenvalue weighted by Crippen LogP contribution is -2.34. The molecule has 0 saturated heterocycles. The summed E-state index contributed by atoms with van der Waals surface area (Å²) in [5, 5.41) is 8.43. The van der Waals surface area contributed by atoms with Crippen LogP contribution in [0.25, 0.3) is 0 Å². The smallest absolute Gasteiger partial charge is 0.306 e. The Hall–Kier alpha value is -2.19. The Kier molecular flexibility index (Phi) is 9.61. The van der Waals surface area contributed by atoms with Crippen LogP contribution in [0.4, 0.5) is 11.4 Å². The van der Waals surface area contributed by atoms with Crippen LogP contribution < -0.4 is 16.0 Å². The molecule has 0 spiro atoms. The molecule has 0 fully saturated rings. The van der Waals surface area contributed by atoms with Crippen molar-refractivity contribution >= 4 is 58.1 Å². The van der Waals surface area contributed by atoms with Gasteiger partial charge in [0.15, 0.2) is 5.11 Å². The van der Waals surface area contributed by atoms with E-state index in [-0.39, 0.29) is 30.5 Å². The third-order valence-electron chi connectivity index (χ3n) is 3.09. The Bertz CT molecular complexity index is 682. The monoisotopic (exact) mass is 399 g/mol. The van der Waals surface area contributed by atoms with Crippen molar-refractivity contribution in [3.05, 3.63) is 23.2 Å². The molecule has 26 heavy (non-hydrogen) atoms. The van der Waals surface area contributed by atoms with Gasteiger partial charge < -0.3 is 20.7 Å². The zero-order chi connectivity index (χ0) is 19.5. The minimum absolute atomic E-state index is 0.0258. The maximum atomic E-state index is 11.8. The molecule has 0 heterocycles. The fraction of sp³-hybridized carbons (Fsp3) is 0.412. The van der Waals surface area contributed by atoms with Crippen molar-refractivity contribution in [2.75, 3.05) is 17.2 Å². The van der Waals surface area contributed by atoms with E-state index in [4.69, 9.17) is 28.6 Å². The standard InChI is InChI=1S/C17H22ClN3O4S/c1-3-5-14(22)19-11-6-7-12(18)13(10-11)20-17(26)21-15(23)8-9-16(24)25-4-2/h6-7,10H,3-5,8-9H2,1-2H3,(H,19,22)(H2,20,21,23,26). The number of ether oxygens (including phenoxy) is 1. The second-order valence-corrected chi connectivity index (χ2v) is 6.12. The topological polar surface area (TPSA) is 96.5 Å². The van der Waals surface area contributed by atoms with Crippen LogP contribution in [-0.4, -0.2) is 29.5 Å². The van der Waals surface area contributed by atoms with Gasteiger partial charge in [0.25, 0.3) is 0 Å². The van der Waals surface area contributed by atoms with Crippen molar-refractivity contribution in [2.45, 2.75) is 39.5 Å². The summed E-state index contributed by atoms with van der Waals surface area (Å²) in [5.41, 5.74) is 1.00. The molecule has 0 aliphatic heterocycles. The van der Waals surface area contributed by atoms with Gasteiger partial charge in [-0.1, -0.05) is 18.5 Å². The molecule has 1 rings (SSSR count). The van der Waals surface area contributed by atoms with Gasteiger partial charge >= 0.3 is 5.97 Å². The van der Waals surface area contributed by atoms with E-state index >= 15 is 0 Å². The van der Waals surface area contributed by atoms with E-state index in [0.717, 1.165) is 6.42 Å². The molecule has 0 aliphatic carbocycles. The lowest BCUT2D eigenvalue weighted by atomic mass is 10.2. The molecule has 0 aromatic heterocycles. The van der Waals surface area contributed by atoms with Crippen LogP contribution in [0.1, 0.15) is 39.5 Å². The van der Waals surface area contributed by atoms with E-state index in [1.807, 2.05) is 6.92 Å². The van der Waals surface area contributed by atoms with E-state index in [1.165, 1.54) is 0 Å². The third-order valence-corrected chi connectivity index (χ3v) is 3.62. The first-order valence-corrected chi connectivity index (χ1v) is 9.00. The summed E-state index contributed by atoms with van der Waals surface area (Å²) < 4.78 is 4.75. The largest absolute Gasteiger partial charge is 0.466 e. The molecule has 7 nitrogen and oxygen atoms in total. The Labute approximate surface area is 162 Å². The molecule has 0 aliphatic rings. The van der Waals surface area contributed by atoms with Crippen molar-refractivity contribution < 1.29 is 19.1 Å². The number of benzene rings is 1. The van der Waals surface area contributed by atoms with Crippen molar-refractivity contribution in [1.29, 1.82) is 0 Å². The maximum Gasteiger partial charge on any atom is 0.306 e. The van der Waals surface area contributed by atoms with E-state index in [9.17, 15) is 14.4 Å². The van der Waals surface area contributed by atoms with Gasteiger partial charge in [-0.25, -0.2) is 0 Å². The van der Waals surface area contributed by atoms with Gasteiger partial charge in [0.2, 0.25) is 11.8 Å². The molecular weight excluding hydrogens is 378 g/mol. The fourth-order valence-corrected chi connectivity index (χ4v) is 2.33. The Balaban J connectivity index is 2.58. The molecule has 2 amide bonds. The maximum absolute atomic E-state index is 11.8. The van der Waals surface area contributed by atoms with Crippen LogP contribution in [0, 0.1) is 0 Å². The van der Waals surface area contributed by atoms with Crippen LogP contribution in [0.5, 0.6) is 0 Å². The van der Waals surface area contributed by atoms with E-state index in [2.05, 4.69) is 16.0 Å². The zero-order valence-corrected chi connectivity index (χ0v) is 16.3. The van der Waals surface area contributed by atoms with E-state index in [0.29, 0.717) is 22.8 Å². The summed E-state index contributed by atoms with van der Waals surface area (Å²) in [4.78, 5) is 34.7. The normalized spacial score (nSPS) is 9.96. The van der Waals surface area contributed by atoms with Gasteiger partial charge in [0.1, 0.15) is 0 Å². The number of amides is 2. The van der Waals surface area contributed by atoms with Crippen LogP contribution in [0.15, 0.2) is 18.2 Å². The number of hydrogen-bond acceptors (Lipinski definition) is 5. The minimum atomic E-state index is -0.444. The molecule has 0 unspecified atom stereocenters. The lowest BCUT2D eigenvalue weighted by molar-refractivity contribution is -0.144. The van der Waals surface area contributed by atoms with Gasteiger partial charge in [-0.05, 0) is 43.8 Å². The van der Waals surface area contributed by atoms with E-state index < -0.39 is 11.9 Å². The Morgan fingerprint density at radius 2 is 1.81 bits per heavy atom. The average Bonchev–Trinajstić information content (AvgIpc) is 2.56. The number of esters is 1. The number of anilines is 2. The van der Waals surface area contributed by atoms with Crippen LogP contribution in [0.2, 0.25) is 5.02 Å². The summed E-state index contributed by atoms with van der Waals surface area (Å²) in [7, 11) is 0. The first-order chi connectivity index (χ1) is 12.3. The molecule has 0 saturated carbocycles. The predicted molar refractivity (Wildman–Crippen MR) is 105 cm³/mol. The van der Waals surface area contributed by atoms with Gasteiger partial charge in [0.05, 0.1) is 23.7 Å². The highest BCUT2D eigenvalue weighted by molar-refractivity contribution is 7.80. The van der Waals surface area contributed by atoms with Crippen LogP contribution in [-0.2, 0) is 19.1 Å². The van der Waals surface area contributed by atoms with E-state index in [1.54, 1.807) is 25.1 Å². The SMILES string of the molecule is CCCC(=O)Nc1ccc(Cl)c(NC(=S)NC(=O)CCC(=O)OCC)c1. The number of rotatable bonds is 8. The van der Waals surface area contributed by atoms with Crippen LogP contribution >= 0.6 is 23.8 Å². The second-order valence-electron chi connectivity index (χ2n) is 5.30. The molecule has 9 heteroatoms. The van der Waals surface area contributed by atoms with Gasteiger partial charge in [-0.3, -0.25) is 14.4 Å². The molecule has 0 radical (unpaired) electrons. The molecule has 1 aromatic carbocycles. The number of nitrogens with one attached hydrogen (secondary N) is 3. The highest BCUT2D eigenvalue weighted by atomic mass is 35.5. The Morgan fingerprint density at radius 1 is 1.08 bits per heavy atom. The summed E-state index contributed by atoms with van der Waals surface area (Å²) in [6.07, 6.45) is 1.09. The summed E-state index contributed by atoms with van der Waals surface area (Å²) >= 11 is 11.2. The molecule has 0 atom stereocenters. The number of thiocarbonyl (C=S) groups is 1. The molecule has 1 aromatic rings. The number of carbonyl (C=O) groups is 3. The van der Waals surface area contributed by atoms with Crippen molar-refractivity contribution in [2.24, 2.45) is 0 Å². The van der Waals surface area contributed by atoms with Crippen molar-refractivity contribution in [3.8, 4) is 0 Å². The van der Waals surface area contributed by atoms with Gasteiger partial charge in [-0.2, -0.15) is 0 Å². The minimum Gasteiger partial charge on any atom is -0.466 e. The van der Waals surface area contributed by atoms with Crippen molar-refractivity contribution in [1.82, 2.24) is 5.32 Å².